The molecule has 1 aliphatic heterocycles. The largest absolute Gasteiger partial charge is 0.339 e. The van der Waals surface area contributed by atoms with Gasteiger partial charge in [-0.25, -0.2) is 0 Å². The van der Waals surface area contributed by atoms with Crippen LogP contribution in [-0.4, -0.2) is 52.5 Å². The van der Waals surface area contributed by atoms with E-state index in [1.54, 1.807) is 0 Å². The van der Waals surface area contributed by atoms with Crippen molar-refractivity contribution in [1.82, 2.24) is 19.9 Å². The Bertz CT molecular complexity index is 714. The van der Waals surface area contributed by atoms with E-state index in [0.29, 0.717) is 18.7 Å². The smallest absolute Gasteiger partial charge is 0.226 e. The lowest BCUT2D eigenvalue weighted by molar-refractivity contribution is -0.136. The molecule has 140 valence electrons. The molecule has 1 unspecified atom stereocenters. The summed E-state index contributed by atoms with van der Waals surface area (Å²) < 4.78 is 5.27. The first-order valence-corrected chi connectivity index (χ1v) is 9.40. The van der Waals surface area contributed by atoms with Gasteiger partial charge in [0.05, 0.1) is 6.04 Å². The van der Waals surface area contributed by atoms with Gasteiger partial charge in [0, 0.05) is 38.4 Å². The summed E-state index contributed by atoms with van der Waals surface area (Å²) in [6.45, 7) is 6.63. The number of carbonyl (C=O) groups excluding carboxylic acids is 1. The van der Waals surface area contributed by atoms with Gasteiger partial charge in [-0.1, -0.05) is 49.3 Å². The van der Waals surface area contributed by atoms with Gasteiger partial charge in [0.25, 0.3) is 0 Å². The van der Waals surface area contributed by atoms with Crippen LogP contribution in [0.3, 0.4) is 0 Å². The van der Waals surface area contributed by atoms with Gasteiger partial charge in [-0.3, -0.25) is 4.79 Å². The van der Waals surface area contributed by atoms with Crippen molar-refractivity contribution in [1.29, 1.82) is 0 Å². The molecule has 1 saturated heterocycles. The van der Waals surface area contributed by atoms with Crippen LogP contribution < -0.4 is 0 Å². The van der Waals surface area contributed by atoms with E-state index in [-0.39, 0.29) is 17.9 Å². The summed E-state index contributed by atoms with van der Waals surface area (Å²) in [6.07, 6.45) is 1.88. The highest BCUT2D eigenvalue weighted by Gasteiger charge is 2.29. The van der Waals surface area contributed by atoms with Gasteiger partial charge in [0.2, 0.25) is 11.8 Å². The molecule has 6 nitrogen and oxygen atoms in total. The number of hydrogen-bond donors (Lipinski definition) is 0. The Kier molecular flexibility index (Phi) is 6.04. The predicted molar refractivity (Wildman–Crippen MR) is 99.7 cm³/mol. The molecular formula is C20H28N4O2. The molecular weight excluding hydrogens is 328 g/mol. The van der Waals surface area contributed by atoms with Crippen molar-refractivity contribution in [2.45, 2.75) is 45.1 Å². The number of benzene rings is 1. The fourth-order valence-corrected chi connectivity index (χ4v) is 3.32. The van der Waals surface area contributed by atoms with Gasteiger partial charge < -0.3 is 14.3 Å². The summed E-state index contributed by atoms with van der Waals surface area (Å²) >= 11 is 0. The third kappa shape index (κ3) is 4.49. The minimum Gasteiger partial charge on any atom is -0.339 e. The Morgan fingerprint density at radius 3 is 2.73 bits per heavy atom. The van der Waals surface area contributed by atoms with Crippen molar-refractivity contribution >= 4 is 5.91 Å². The lowest BCUT2D eigenvalue weighted by Gasteiger charge is -2.40. The maximum atomic E-state index is 12.8. The van der Waals surface area contributed by atoms with Crippen LogP contribution >= 0.6 is 0 Å². The maximum absolute atomic E-state index is 12.8. The van der Waals surface area contributed by atoms with Crippen LogP contribution in [0.4, 0.5) is 0 Å². The minimum absolute atomic E-state index is 0.124. The molecule has 1 amide bonds. The van der Waals surface area contributed by atoms with Crippen LogP contribution in [-0.2, 0) is 11.2 Å². The molecule has 0 saturated carbocycles. The summed E-state index contributed by atoms with van der Waals surface area (Å²) in [6, 6.07) is 10.4. The topological polar surface area (TPSA) is 62.5 Å². The Hall–Kier alpha value is -2.21. The summed E-state index contributed by atoms with van der Waals surface area (Å²) in [5.74, 6) is 1.82. The normalized spacial score (nSPS) is 18.5. The van der Waals surface area contributed by atoms with Crippen LogP contribution in [0.15, 0.2) is 34.9 Å². The summed E-state index contributed by atoms with van der Waals surface area (Å²) in [7, 11) is 2.11. The number of aromatic nitrogens is 2. The Morgan fingerprint density at radius 2 is 2.04 bits per heavy atom. The summed E-state index contributed by atoms with van der Waals surface area (Å²) in [5.41, 5.74) is 1.20. The average Bonchev–Trinajstić information content (AvgIpc) is 3.11. The van der Waals surface area contributed by atoms with Crippen molar-refractivity contribution < 1.29 is 9.32 Å². The van der Waals surface area contributed by atoms with Crippen molar-refractivity contribution in [3.8, 4) is 0 Å². The third-order valence-corrected chi connectivity index (χ3v) is 4.87. The second-order valence-electron chi connectivity index (χ2n) is 7.33. The van der Waals surface area contributed by atoms with E-state index in [4.69, 9.17) is 4.52 Å². The monoisotopic (exact) mass is 356 g/mol. The van der Waals surface area contributed by atoms with Crippen molar-refractivity contribution in [3.63, 3.8) is 0 Å². The molecule has 2 heterocycles. The minimum atomic E-state index is 0.124. The van der Waals surface area contributed by atoms with Gasteiger partial charge in [0.1, 0.15) is 0 Å². The highest BCUT2D eigenvalue weighted by molar-refractivity contribution is 5.77. The van der Waals surface area contributed by atoms with Crippen LogP contribution in [0.25, 0.3) is 0 Å². The van der Waals surface area contributed by atoms with Crippen molar-refractivity contribution in [2.24, 2.45) is 0 Å². The van der Waals surface area contributed by atoms with E-state index < -0.39 is 0 Å². The standard InChI is InChI=1S/C20H28N4O2/c1-15(2)20-21-18(26-22-20)10-7-11-19(25)24-13-12-23(3)14-17(24)16-8-5-4-6-9-16/h4-6,8-9,15,17H,7,10-14H2,1-3H3. The molecule has 2 aromatic rings. The molecule has 1 aromatic carbocycles. The predicted octanol–water partition coefficient (Wildman–Crippen LogP) is 3.03. The molecule has 1 aromatic heterocycles. The number of hydrogen-bond acceptors (Lipinski definition) is 5. The fourth-order valence-electron chi connectivity index (χ4n) is 3.32. The van der Waals surface area contributed by atoms with Gasteiger partial charge in [-0.15, -0.1) is 0 Å². The first-order valence-electron chi connectivity index (χ1n) is 9.40. The SMILES string of the molecule is CC(C)c1noc(CCCC(=O)N2CCN(C)CC2c2ccccc2)n1. The highest BCUT2D eigenvalue weighted by atomic mass is 16.5. The molecule has 6 heteroatoms. The molecule has 26 heavy (non-hydrogen) atoms. The third-order valence-electron chi connectivity index (χ3n) is 4.87. The summed E-state index contributed by atoms with van der Waals surface area (Å²) in [4.78, 5) is 21.5. The zero-order chi connectivity index (χ0) is 18.5. The maximum Gasteiger partial charge on any atom is 0.226 e. The number of rotatable bonds is 6. The number of aryl methyl sites for hydroxylation is 1. The molecule has 0 bridgehead atoms. The molecule has 1 aliphatic rings. The van der Waals surface area contributed by atoms with Crippen LogP contribution in [0.1, 0.15) is 55.9 Å². The molecule has 1 fully saturated rings. The Balaban J connectivity index is 1.58. The average molecular weight is 356 g/mol. The molecule has 0 N–H and O–H groups in total. The zero-order valence-electron chi connectivity index (χ0n) is 15.9. The number of amides is 1. The zero-order valence-corrected chi connectivity index (χ0v) is 15.9. The van der Waals surface area contributed by atoms with Crippen molar-refractivity contribution in [3.05, 3.63) is 47.6 Å². The van der Waals surface area contributed by atoms with Crippen LogP contribution in [0.5, 0.6) is 0 Å². The van der Waals surface area contributed by atoms with Gasteiger partial charge in [0.15, 0.2) is 5.82 Å². The van der Waals surface area contributed by atoms with E-state index in [1.807, 2.05) is 36.9 Å². The van der Waals surface area contributed by atoms with Crippen LogP contribution in [0.2, 0.25) is 0 Å². The quantitative estimate of drug-likeness (QED) is 0.796. The second kappa shape index (κ2) is 8.45. The summed E-state index contributed by atoms with van der Waals surface area (Å²) in [5, 5.41) is 3.98. The first kappa shape index (κ1) is 18.6. The van der Waals surface area contributed by atoms with E-state index in [0.717, 1.165) is 31.9 Å². The first-order chi connectivity index (χ1) is 12.5. The highest BCUT2D eigenvalue weighted by Crippen LogP contribution is 2.26. The number of likely N-dealkylation sites (N-methyl/N-ethyl adjacent to an activating group) is 1. The lowest BCUT2D eigenvalue weighted by Crippen LogP contribution is -2.49. The van der Waals surface area contributed by atoms with E-state index in [2.05, 4.69) is 34.2 Å². The number of nitrogens with zero attached hydrogens (tertiary/aromatic N) is 4. The van der Waals surface area contributed by atoms with Gasteiger partial charge >= 0.3 is 0 Å². The van der Waals surface area contributed by atoms with Crippen LogP contribution in [0, 0.1) is 0 Å². The Morgan fingerprint density at radius 1 is 1.27 bits per heavy atom. The Labute approximate surface area is 155 Å². The molecule has 0 aliphatic carbocycles. The molecule has 1 atom stereocenters. The van der Waals surface area contributed by atoms with E-state index in [9.17, 15) is 4.79 Å². The molecule has 3 rings (SSSR count). The number of carbonyl (C=O) groups is 1. The van der Waals surface area contributed by atoms with Gasteiger partial charge in [-0.05, 0) is 19.0 Å². The lowest BCUT2D eigenvalue weighted by atomic mass is 10.0. The number of piperazine rings is 1. The van der Waals surface area contributed by atoms with Crippen molar-refractivity contribution in [2.75, 3.05) is 26.7 Å². The second-order valence-corrected chi connectivity index (χ2v) is 7.33. The van der Waals surface area contributed by atoms with Gasteiger partial charge in [-0.2, -0.15) is 4.98 Å². The van der Waals surface area contributed by atoms with E-state index in [1.165, 1.54) is 5.56 Å². The molecule has 0 spiro atoms. The molecule has 0 radical (unpaired) electrons. The fraction of sp³-hybridized carbons (Fsp3) is 0.550. The van der Waals surface area contributed by atoms with E-state index >= 15 is 0 Å².